The van der Waals surface area contributed by atoms with E-state index in [1.807, 2.05) is 40.9 Å². The maximum absolute atomic E-state index is 13.4. The van der Waals surface area contributed by atoms with Crippen molar-refractivity contribution in [3.05, 3.63) is 114 Å². The van der Waals surface area contributed by atoms with Crippen LogP contribution in [0.15, 0.2) is 97.6 Å². The number of piperidine rings is 2. The fourth-order valence-corrected chi connectivity index (χ4v) is 8.83. The molecule has 6 aromatic rings. The number of nitrogens with zero attached hydrogens (tertiary/aromatic N) is 8. The number of benzene rings is 2. The Morgan fingerprint density at radius 3 is 2.37 bits per heavy atom. The summed E-state index contributed by atoms with van der Waals surface area (Å²) < 4.78 is 4.30. The zero-order valence-electron chi connectivity index (χ0n) is 31.8. The molecule has 4 aliphatic heterocycles. The van der Waals surface area contributed by atoms with Crippen LogP contribution in [0.3, 0.4) is 0 Å². The van der Waals surface area contributed by atoms with Crippen molar-refractivity contribution in [3.63, 3.8) is 0 Å². The number of anilines is 3. The summed E-state index contributed by atoms with van der Waals surface area (Å²) in [7, 11) is 0. The molecule has 3 saturated heterocycles. The topological polar surface area (TPSA) is 193 Å². The van der Waals surface area contributed by atoms with Gasteiger partial charge in [-0.05, 0) is 73.9 Å². The van der Waals surface area contributed by atoms with Gasteiger partial charge in [0.25, 0.3) is 17.7 Å². The Bertz CT molecular complexity index is 2680. The van der Waals surface area contributed by atoms with Crippen LogP contribution < -0.4 is 21.3 Å². The van der Waals surface area contributed by atoms with Gasteiger partial charge in [-0.3, -0.25) is 43.5 Å². The molecule has 10 rings (SSSR count). The summed E-state index contributed by atoms with van der Waals surface area (Å²) in [6.45, 7) is 3.43. The second-order valence-corrected chi connectivity index (χ2v) is 15.4. The van der Waals surface area contributed by atoms with Crippen LogP contribution in [0.2, 0.25) is 0 Å². The summed E-state index contributed by atoms with van der Waals surface area (Å²) in [5.74, 6) is -0.698. The monoisotopic (exact) mass is 789 g/mol. The van der Waals surface area contributed by atoms with Gasteiger partial charge in [-0.1, -0.05) is 18.2 Å². The molecule has 1 atom stereocenters. The van der Waals surface area contributed by atoms with Gasteiger partial charge in [-0.2, -0.15) is 0 Å². The third-order valence-corrected chi connectivity index (χ3v) is 12.0. The summed E-state index contributed by atoms with van der Waals surface area (Å²) in [4.78, 5) is 83.0. The van der Waals surface area contributed by atoms with Crippen molar-refractivity contribution >= 4 is 52.4 Å². The summed E-state index contributed by atoms with van der Waals surface area (Å²) in [5.41, 5.74) is 11.5. The highest BCUT2D eigenvalue weighted by atomic mass is 16.2. The second-order valence-electron chi connectivity index (χ2n) is 15.4. The average molecular weight is 790 g/mol. The van der Waals surface area contributed by atoms with Crippen LogP contribution >= 0.6 is 0 Å². The second kappa shape index (κ2) is 14.3. The first-order chi connectivity index (χ1) is 28.7. The molecule has 0 spiro atoms. The number of pyridine rings is 1. The Kier molecular flexibility index (Phi) is 8.78. The van der Waals surface area contributed by atoms with Crippen molar-refractivity contribution in [1.29, 1.82) is 0 Å². The number of nitrogens with one attached hydrogen (secondary N) is 2. The number of hydrogen-bond acceptors (Lipinski definition) is 11. The quantitative estimate of drug-likeness (QED) is 0.189. The van der Waals surface area contributed by atoms with Crippen LogP contribution in [0, 0.1) is 0 Å². The molecule has 0 radical (unpaired) electrons. The lowest BCUT2D eigenvalue weighted by Gasteiger charge is -2.49. The van der Waals surface area contributed by atoms with Gasteiger partial charge in [0.15, 0.2) is 5.82 Å². The molecular formula is C43H39N11O5. The molecule has 59 heavy (non-hydrogen) atoms. The molecule has 4 aromatic heterocycles. The maximum atomic E-state index is 13.4. The van der Waals surface area contributed by atoms with Gasteiger partial charge >= 0.3 is 0 Å². The van der Waals surface area contributed by atoms with E-state index in [1.165, 1.54) is 0 Å². The van der Waals surface area contributed by atoms with Gasteiger partial charge in [0.1, 0.15) is 28.9 Å². The molecule has 16 nitrogen and oxygen atoms in total. The third kappa shape index (κ3) is 6.28. The minimum atomic E-state index is -0.987. The number of rotatable bonds is 8. The van der Waals surface area contributed by atoms with Crippen LogP contribution in [0.25, 0.3) is 28.3 Å². The van der Waals surface area contributed by atoms with Crippen molar-refractivity contribution in [2.45, 2.75) is 43.8 Å². The molecule has 0 bridgehead atoms. The lowest BCUT2D eigenvalue weighted by Crippen LogP contribution is -2.61. The van der Waals surface area contributed by atoms with E-state index in [9.17, 15) is 24.0 Å². The number of carbonyl (C=O) groups is 5. The van der Waals surface area contributed by atoms with Crippen LogP contribution in [0.1, 0.15) is 62.8 Å². The van der Waals surface area contributed by atoms with E-state index in [0.29, 0.717) is 40.0 Å². The van der Waals surface area contributed by atoms with Crippen LogP contribution in [-0.2, 0) is 9.59 Å². The van der Waals surface area contributed by atoms with Gasteiger partial charge < -0.3 is 20.5 Å². The fourth-order valence-electron chi connectivity index (χ4n) is 8.83. The number of aromatic nitrogens is 5. The van der Waals surface area contributed by atoms with Gasteiger partial charge in [0, 0.05) is 86.3 Å². The molecule has 5 amide bonds. The van der Waals surface area contributed by atoms with E-state index < -0.39 is 29.7 Å². The van der Waals surface area contributed by atoms with Crippen LogP contribution in [-0.4, -0.2) is 102 Å². The van der Waals surface area contributed by atoms with Crippen molar-refractivity contribution in [2.24, 2.45) is 0 Å². The van der Waals surface area contributed by atoms with Gasteiger partial charge in [0.2, 0.25) is 11.8 Å². The highest BCUT2D eigenvalue weighted by Crippen LogP contribution is 2.37. The number of nitrogens with two attached hydrogens (primary N) is 1. The van der Waals surface area contributed by atoms with E-state index in [1.54, 1.807) is 48.8 Å². The highest BCUT2D eigenvalue weighted by Gasteiger charge is 2.45. The highest BCUT2D eigenvalue weighted by molar-refractivity contribution is 6.23. The number of imide groups is 2. The molecule has 0 aliphatic carbocycles. The molecule has 8 heterocycles. The van der Waals surface area contributed by atoms with E-state index >= 15 is 0 Å². The number of hydrogen-bond donors (Lipinski definition) is 3. The first-order valence-corrected chi connectivity index (χ1v) is 19.7. The molecule has 2 aromatic carbocycles. The Morgan fingerprint density at radius 2 is 1.61 bits per heavy atom. The first-order valence-electron chi connectivity index (χ1n) is 19.7. The minimum absolute atomic E-state index is 0.0822. The Hall–Kier alpha value is -7.20. The van der Waals surface area contributed by atoms with Gasteiger partial charge in [-0.15, -0.1) is 0 Å². The molecule has 4 aliphatic rings. The standard InChI is InChI=1S/C43H39N11O5/c44-38-37-36(25-6-8-26(9-7-25)40(56)47-34-5-1-2-16-45-34)49-39(53(37)21-17-46-38)32-4-3-18-52(32)27-14-19-50(20-15-27)29-23-51(24-29)28-10-11-30-31(22-28)43(59)54(42(30)58)33-12-13-35(55)48-41(33)57/h1-11,16-18,21-22,27,29,33H,12-15,19-20,23-24H2,(H2,44,46)(H,45,47,56)(H,48,55,57). The molecule has 16 heteroatoms. The number of amides is 5. The van der Waals surface area contributed by atoms with Crippen LogP contribution in [0.4, 0.5) is 17.3 Å². The fraction of sp³-hybridized carbons (Fsp3) is 0.256. The molecule has 4 N–H and O–H groups in total. The predicted octanol–water partition coefficient (Wildman–Crippen LogP) is 4.02. The van der Waals surface area contributed by atoms with Crippen molar-refractivity contribution < 1.29 is 24.0 Å². The third-order valence-electron chi connectivity index (χ3n) is 12.0. The lowest BCUT2D eigenvalue weighted by molar-refractivity contribution is -0.136. The SMILES string of the molecule is Nc1nccn2c(-c3cccn3C3CCN(C4CN(c5ccc6c(c5)C(=O)N(C5CCC(=O)NC5=O)C6=O)C4)CC3)nc(-c3ccc(C(=O)Nc4ccccn4)cc3)c12. The zero-order chi connectivity index (χ0) is 40.4. The predicted molar refractivity (Wildman–Crippen MR) is 217 cm³/mol. The molecular weight excluding hydrogens is 751 g/mol. The molecule has 3 fully saturated rings. The average Bonchev–Trinajstić information content (AvgIpc) is 3.93. The number of fused-ring (bicyclic) bond motifs is 2. The Balaban J connectivity index is 0.805. The minimum Gasteiger partial charge on any atom is -0.382 e. The Morgan fingerprint density at radius 1 is 0.814 bits per heavy atom. The van der Waals surface area contributed by atoms with Gasteiger partial charge in [0.05, 0.1) is 16.8 Å². The molecule has 1 unspecified atom stereocenters. The number of likely N-dealkylation sites (tertiary alicyclic amines) is 1. The van der Waals surface area contributed by atoms with Crippen molar-refractivity contribution in [1.82, 2.24) is 39.0 Å². The number of imidazole rings is 1. The van der Waals surface area contributed by atoms with Crippen LogP contribution in [0.5, 0.6) is 0 Å². The smallest absolute Gasteiger partial charge is 0.262 e. The zero-order valence-corrected chi connectivity index (χ0v) is 31.8. The van der Waals surface area contributed by atoms with E-state index in [4.69, 9.17) is 10.7 Å². The van der Waals surface area contributed by atoms with E-state index in [2.05, 4.69) is 47.2 Å². The largest absolute Gasteiger partial charge is 0.382 e. The summed E-state index contributed by atoms with van der Waals surface area (Å²) in [5, 5.41) is 5.06. The van der Waals surface area contributed by atoms with E-state index in [-0.39, 0.29) is 30.4 Å². The Labute approximate surface area is 337 Å². The van der Waals surface area contributed by atoms with Crippen molar-refractivity contribution in [2.75, 3.05) is 42.1 Å². The summed E-state index contributed by atoms with van der Waals surface area (Å²) in [6, 6.07) is 21.6. The molecule has 0 saturated carbocycles. The first kappa shape index (κ1) is 36.2. The van der Waals surface area contributed by atoms with E-state index in [0.717, 1.165) is 66.7 Å². The lowest BCUT2D eigenvalue weighted by atomic mass is 9.98. The van der Waals surface area contributed by atoms with Gasteiger partial charge in [-0.25, -0.2) is 15.0 Å². The number of nitrogen functional groups attached to an aromatic ring is 1. The summed E-state index contributed by atoms with van der Waals surface area (Å²) >= 11 is 0. The van der Waals surface area contributed by atoms with Crippen molar-refractivity contribution in [3.8, 4) is 22.8 Å². The molecule has 296 valence electrons. The normalized spacial score (nSPS) is 18.9. The number of carbonyl (C=O) groups excluding carboxylic acids is 5. The summed E-state index contributed by atoms with van der Waals surface area (Å²) in [6.07, 6.45) is 9.39. The maximum Gasteiger partial charge on any atom is 0.262 e.